The second kappa shape index (κ2) is 10.8. The number of para-hydroxylation sites is 1. The summed E-state index contributed by atoms with van der Waals surface area (Å²) < 4.78 is 0. The number of hydrogen-bond donors (Lipinski definition) is 2. The molecular weight excluding hydrogens is 320 g/mol. The number of rotatable bonds is 8. The van der Waals surface area contributed by atoms with Crippen molar-refractivity contribution < 1.29 is 4.79 Å². The highest BCUT2D eigenvalue weighted by Crippen LogP contribution is 2.15. The van der Waals surface area contributed by atoms with Gasteiger partial charge in [0.05, 0.1) is 0 Å². The van der Waals surface area contributed by atoms with Crippen LogP contribution in [-0.4, -0.2) is 12.5 Å². The number of hydrogen-bond acceptors (Lipinski definition) is 2. The van der Waals surface area contributed by atoms with Crippen molar-refractivity contribution >= 4 is 24.0 Å². The number of amides is 1. The largest absolute Gasteiger partial charge is 0.326 e. The first-order valence-electron chi connectivity index (χ1n) is 8.33. The van der Waals surface area contributed by atoms with Gasteiger partial charge in [0.2, 0.25) is 5.91 Å². The minimum absolute atomic E-state index is 0. The van der Waals surface area contributed by atoms with E-state index in [1.165, 1.54) is 11.1 Å². The number of carbonyl (C=O) groups excluding carboxylic acids is 1. The van der Waals surface area contributed by atoms with Crippen molar-refractivity contribution in [3.05, 3.63) is 65.2 Å². The Kier molecular flexibility index (Phi) is 9.13. The lowest BCUT2D eigenvalue weighted by molar-refractivity contribution is -0.116. The Morgan fingerprint density at radius 3 is 2.46 bits per heavy atom. The van der Waals surface area contributed by atoms with Gasteiger partial charge in [-0.1, -0.05) is 55.0 Å². The number of nitrogens with one attached hydrogen (secondary N) is 2. The van der Waals surface area contributed by atoms with Gasteiger partial charge in [-0.15, -0.1) is 12.4 Å². The Labute approximate surface area is 151 Å². The van der Waals surface area contributed by atoms with Crippen LogP contribution in [0.15, 0.2) is 48.5 Å². The van der Waals surface area contributed by atoms with Gasteiger partial charge in [-0.05, 0) is 43.5 Å². The number of carbonyl (C=O) groups is 1. The van der Waals surface area contributed by atoms with Crippen molar-refractivity contribution in [3.63, 3.8) is 0 Å². The molecule has 2 rings (SSSR count). The molecule has 2 N–H and O–H groups in total. The fourth-order valence-corrected chi connectivity index (χ4v) is 2.48. The van der Waals surface area contributed by atoms with Crippen LogP contribution in [0.3, 0.4) is 0 Å². The van der Waals surface area contributed by atoms with Crippen molar-refractivity contribution in [2.75, 3.05) is 11.9 Å². The fourth-order valence-electron chi connectivity index (χ4n) is 2.48. The summed E-state index contributed by atoms with van der Waals surface area (Å²) >= 11 is 0. The number of benzene rings is 2. The molecule has 0 unspecified atom stereocenters. The van der Waals surface area contributed by atoms with Gasteiger partial charge >= 0.3 is 0 Å². The molecule has 0 aromatic heterocycles. The maximum absolute atomic E-state index is 12.2. The normalized spacial score (nSPS) is 10.1. The molecule has 0 fully saturated rings. The molecule has 0 spiro atoms. The van der Waals surface area contributed by atoms with Crippen LogP contribution in [0.5, 0.6) is 0 Å². The lowest BCUT2D eigenvalue weighted by atomic mass is 10.1. The number of anilines is 1. The molecule has 0 aliphatic heterocycles. The smallest absolute Gasteiger partial charge is 0.224 e. The summed E-state index contributed by atoms with van der Waals surface area (Å²) in [7, 11) is 0. The van der Waals surface area contributed by atoms with Crippen molar-refractivity contribution in [2.45, 2.75) is 39.7 Å². The summed E-state index contributed by atoms with van der Waals surface area (Å²) in [6.07, 6.45) is 2.35. The molecule has 4 heteroatoms. The van der Waals surface area contributed by atoms with Crippen molar-refractivity contribution in [3.8, 4) is 0 Å². The highest BCUT2D eigenvalue weighted by Gasteiger charge is 2.06. The topological polar surface area (TPSA) is 41.1 Å². The molecule has 1 amide bonds. The van der Waals surface area contributed by atoms with Crippen LogP contribution in [0, 0.1) is 6.92 Å². The van der Waals surface area contributed by atoms with E-state index in [-0.39, 0.29) is 18.3 Å². The van der Waals surface area contributed by atoms with E-state index in [1.54, 1.807) is 0 Å². The number of aryl methyl sites for hydroxylation is 2. The maximum Gasteiger partial charge on any atom is 0.224 e. The van der Waals surface area contributed by atoms with Gasteiger partial charge in [-0.2, -0.15) is 0 Å². The van der Waals surface area contributed by atoms with Crippen LogP contribution in [0.25, 0.3) is 0 Å². The molecule has 0 aliphatic carbocycles. The lowest BCUT2D eigenvalue weighted by Gasteiger charge is -2.11. The molecule has 3 nitrogen and oxygen atoms in total. The standard InChI is InChI=1S/C20H26N2O.ClH/c1-3-21-15-18-8-4-5-9-19(18)22-20(23)10-6-7-17-13-11-16(2)12-14-17;/h4-5,8-9,11-14,21H,3,6-7,10,15H2,1-2H3,(H,22,23);1H. The van der Waals surface area contributed by atoms with Gasteiger partial charge in [0.25, 0.3) is 0 Å². The minimum Gasteiger partial charge on any atom is -0.326 e. The van der Waals surface area contributed by atoms with E-state index in [4.69, 9.17) is 0 Å². The predicted molar refractivity (Wildman–Crippen MR) is 104 cm³/mol. The zero-order chi connectivity index (χ0) is 16.5. The van der Waals surface area contributed by atoms with Crippen molar-refractivity contribution in [2.24, 2.45) is 0 Å². The SMILES string of the molecule is CCNCc1ccccc1NC(=O)CCCc1ccc(C)cc1.Cl. The Hall–Kier alpha value is -1.84. The number of halogens is 1. The van der Waals surface area contributed by atoms with Crippen LogP contribution in [0.2, 0.25) is 0 Å². The predicted octanol–water partition coefficient (Wildman–Crippen LogP) is 4.49. The zero-order valence-electron chi connectivity index (χ0n) is 14.5. The molecule has 0 bridgehead atoms. The average Bonchev–Trinajstić information content (AvgIpc) is 2.56. The van der Waals surface area contributed by atoms with Gasteiger partial charge in [0.1, 0.15) is 0 Å². The molecule has 0 heterocycles. The van der Waals surface area contributed by atoms with Gasteiger partial charge in [0, 0.05) is 18.7 Å². The van der Waals surface area contributed by atoms with Gasteiger partial charge in [-0.3, -0.25) is 4.79 Å². The summed E-state index contributed by atoms with van der Waals surface area (Å²) in [5, 5.41) is 6.33. The maximum atomic E-state index is 12.2. The molecule has 0 saturated heterocycles. The molecule has 0 radical (unpaired) electrons. The molecule has 0 saturated carbocycles. The van der Waals surface area contributed by atoms with Crippen molar-refractivity contribution in [1.82, 2.24) is 5.32 Å². The Balaban J connectivity index is 0.00000288. The molecule has 2 aromatic carbocycles. The fraction of sp³-hybridized carbons (Fsp3) is 0.350. The molecule has 24 heavy (non-hydrogen) atoms. The lowest BCUT2D eigenvalue weighted by Crippen LogP contribution is -2.16. The van der Waals surface area contributed by atoms with Gasteiger partial charge in [-0.25, -0.2) is 0 Å². The second-order valence-electron chi connectivity index (χ2n) is 5.82. The Bertz CT molecular complexity index is 626. The van der Waals surface area contributed by atoms with E-state index in [2.05, 4.69) is 48.7 Å². The highest BCUT2D eigenvalue weighted by molar-refractivity contribution is 5.91. The van der Waals surface area contributed by atoms with Crippen LogP contribution < -0.4 is 10.6 Å². The highest BCUT2D eigenvalue weighted by atomic mass is 35.5. The monoisotopic (exact) mass is 346 g/mol. The third kappa shape index (κ3) is 6.73. The van der Waals surface area contributed by atoms with Gasteiger partial charge < -0.3 is 10.6 Å². The molecular formula is C20H27ClN2O. The minimum atomic E-state index is 0. The summed E-state index contributed by atoms with van der Waals surface area (Å²) in [6.45, 7) is 5.85. The molecule has 130 valence electrons. The molecule has 0 atom stereocenters. The summed E-state index contributed by atoms with van der Waals surface area (Å²) in [5.74, 6) is 0.0843. The summed E-state index contributed by atoms with van der Waals surface area (Å²) in [5.41, 5.74) is 4.59. The second-order valence-corrected chi connectivity index (χ2v) is 5.82. The Morgan fingerprint density at radius 1 is 1.04 bits per heavy atom. The van der Waals surface area contributed by atoms with Crippen LogP contribution in [0.1, 0.15) is 36.5 Å². The van der Waals surface area contributed by atoms with E-state index in [0.29, 0.717) is 6.42 Å². The average molecular weight is 347 g/mol. The first-order chi connectivity index (χ1) is 11.2. The summed E-state index contributed by atoms with van der Waals surface area (Å²) in [4.78, 5) is 12.2. The third-order valence-corrected chi connectivity index (χ3v) is 3.85. The van der Waals surface area contributed by atoms with Crippen molar-refractivity contribution in [1.29, 1.82) is 0 Å². The van der Waals surface area contributed by atoms with E-state index in [1.807, 2.05) is 24.3 Å². The quantitative estimate of drug-likeness (QED) is 0.739. The van der Waals surface area contributed by atoms with Crippen LogP contribution >= 0.6 is 12.4 Å². The van der Waals surface area contributed by atoms with Crippen LogP contribution in [0.4, 0.5) is 5.69 Å². The van der Waals surface area contributed by atoms with E-state index >= 15 is 0 Å². The first kappa shape index (κ1) is 20.2. The van der Waals surface area contributed by atoms with Crippen LogP contribution in [-0.2, 0) is 17.8 Å². The zero-order valence-corrected chi connectivity index (χ0v) is 15.3. The van der Waals surface area contributed by atoms with E-state index in [0.717, 1.165) is 37.2 Å². The molecule has 2 aromatic rings. The molecule has 0 aliphatic rings. The third-order valence-electron chi connectivity index (χ3n) is 3.85. The van der Waals surface area contributed by atoms with Gasteiger partial charge in [0.15, 0.2) is 0 Å². The van der Waals surface area contributed by atoms with E-state index < -0.39 is 0 Å². The summed E-state index contributed by atoms with van der Waals surface area (Å²) in [6, 6.07) is 16.5. The van der Waals surface area contributed by atoms with E-state index in [9.17, 15) is 4.79 Å². The first-order valence-corrected chi connectivity index (χ1v) is 8.33. The Morgan fingerprint density at radius 2 is 1.75 bits per heavy atom.